The van der Waals surface area contributed by atoms with Gasteiger partial charge in [-0.1, -0.05) is 23.7 Å². The topological polar surface area (TPSA) is 99.6 Å². The summed E-state index contributed by atoms with van der Waals surface area (Å²) >= 11 is 6.05. The zero-order valence-electron chi connectivity index (χ0n) is 21.5. The van der Waals surface area contributed by atoms with E-state index >= 15 is 0 Å². The third kappa shape index (κ3) is 4.97. The van der Waals surface area contributed by atoms with Crippen LogP contribution in [-0.2, 0) is 6.54 Å². The number of aryl methyl sites for hydroxylation is 1. The Bertz CT molecular complexity index is 1700. The fourth-order valence-electron chi connectivity index (χ4n) is 5.47. The van der Waals surface area contributed by atoms with Gasteiger partial charge in [-0.3, -0.25) is 23.5 Å². The Labute approximate surface area is 230 Å². The van der Waals surface area contributed by atoms with E-state index in [4.69, 9.17) is 11.6 Å². The molecule has 0 aliphatic heterocycles. The number of hydrogen-bond donors (Lipinski definition) is 1. The van der Waals surface area contributed by atoms with Crippen LogP contribution in [-0.4, -0.2) is 40.6 Å². The molecule has 0 spiro atoms. The lowest BCUT2D eigenvalue weighted by Gasteiger charge is -2.29. The Morgan fingerprint density at radius 1 is 1.05 bits per heavy atom. The number of carbonyl (C=O) groups is 1. The molecular formula is C29H28ClN7O2. The monoisotopic (exact) mass is 541 g/mol. The molecule has 0 saturated heterocycles. The first-order valence-electron chi connectivity index (χ1n) is 13.1. The molecule has 10 heteroatoms. The smallest absolute Gasteiger partial charge is 0.333 e. The van der Waals surface area contributed by atoms with Crippen LogP contribution >= 0.6 is 11.6 Å². The van der Waals surface area contributed by atoms with E-state index in [0.717, 1.165) is 42.4 Å². The second kappa shape index (κ2) is 10.5. The predicted octanol–water partition coefficient (Wildman–Crippen LogP) is 4.72. The zero-order chi connectivity index (χ0) is 26.9. The summed E-state index contributed by atoms with van der Waals surface area (Å²) in [6.07, 6.45) is 12.0. The van der Waals surface area contributed by atoms with Crippen LogP contribution in [0.3, 0.4) is 0 Å². The number of hydrogen-bond acceptors (Lipinski definition) is 5. The fourth-order valence-corrected chi connectivity index (χ4v) is 5.62. The number of carbonyl (C=O) groups excluding carboxylic acids is 1. The first kappa shape index (κ1) is 25.1. The Morgan fingerprint density at radius 3 is 2.62 bits per heavy atom. The maximum Gasteiger partial charge on any atom is 0.333 e. The number of fused-ring (bicyclic) bond motifs is 1. The van der Waals surface area contributed by atoms with Crippen molar-refractivity contribution in [1.29, 1.82) is 0 Å². The molecule has 0 unspecified atom stereocenters. The largest absolute Gasteiger partial charge is 0.349 e. The highest BCUT2D eigenvalue weighted by atomic mass is 35.5. The van der Waals surface area contributed by atoms with Gasteiger partial charge in [-0.15, -0.1) is 0 Å². The number of halogens is 1. The summed E-state index contributed by atoms with van der Waals surface area (Å²) in [6.45, 7) is 2.44. The molecule has 1 aliphatic carbocycles. The maximum absolute atomic E-state index is 13.8. The van der Waals surface area contributed by atoms with E-state index in [0.29, 0.717) is 34.6 Å². The fraction of sp³-hybridized carbons (Fsp3) is 0.276. The Balaban J connectivity index is 1.20. The molecule has 4 aromatic heterocycles. The minimum absolute atomic E-state index is 0.0710. The van der Waals surface area contributed by atoms with E-state index in [9.17, 15) is 9.59 Å². The van der Waals surface area contributed by atoms with Gasteiger partial charge in [-0.2, -0.15) is 0 Å². The molecule has 4 heterocycles. The summed E-state index contributed by atoms with van der Waals surface area (Å²) in [7, 11) is 0. The van der Waals surface area contributed by atoms with Crippen molar-refractivity contribution in [2.75, 3.05) is 0 Å². The lowest BCUT2D eigenvalue weighted by Crippen LogP contribution is -2.39. The molecule has 5 aromatic rings. The molecule has 1 saturated carbocycles. The van der Waals surface area contributed by atoms with Crippen molar-refractivity contribution in [2.24, 2.45) is 5.92 Å². The zero-order valence-corrected chi connectivity index (χ0v) is 22.3. The van der Waals surface area contributed by atoms with Gasteiger partial charge in [0.1, 0.15) is 12.1 Å². The Morgan fingerprint density at radius 2 is 1.85 bits per heavy atom. The standard InChI is InChI=1S/C29H28ClN7O2/c1-19-24(14-21(30)16-33-19)28(38)34-22-8-6-20(7-9-22)17-36-25-4-2-3-5-26(25)37(29(36)39)23-10-11-32-27(15-23)35-13-12-31-18-35/h2-5,10-16,18,20,22H,6-9,17H2,1H3,(H,34,38)/t20-,22-. The normalized spacial score (nSPS) is 17.4. The molecule has 1 amide bonds. The van der Waals surface area contributed by atoms with E-state index < -0.39 is 0 Å². The minimum Gasteiger partial charge on any atom is -0.349 e. The van der Waals surface area contributed by atoms with E-state index in [1.54, 1.807) is 42.5 Å². The molecule has 1 N–H and O–H groups in total. The van der Waals surface area contributed by atoms with Crippen LogP contribution in [0, 0.1) is 12.8 Å². The van der Waals surface area contributed by atoms with Crippen LogP contribution in [0.15, 0.2) is 78.4 Å². The summed E-state index contributed by atoms with van der Waals surface area (Å²) in [6, 6.07) is 13.4. The van der Waals surface area contributed by atoms with Gasteiger partial charge in [0.2, 0.25) is 0 Å². The van der Waals surface area contributed by atoms with E-state index in [1.165, 1.54) is 0 Å². The SMILES string of the molecule is Cc1ncc(Cl)cc1C(=O)N[C@H]1CC[C@H](Cn2c(=O)n(-c3ccnc(-n4ccnc4)c3)c3ccccc32)CC1. The van der Waals surface area contributed by atoms with Crippen LogP contribution in [0.25, 0.3) is 22.5 Å². The van der Waals surface area contributed by atoms with Gasteiger partial charge in [0.05, 0.1) is 33.0 Å². The number of aromatic nitrogens is 6. The van der Waals surface area contributed by atoms with Crippen molar-refractivity contribution in [3.63, 3.8) is 0 Å². The van der Waals surface area contributed by atoms with Crippen LogP contribution in [0.4, 0.5) is 0 Å². The number of benzene rings is 1. The number of nitrogens with zero attached hydrogens (tertiary/aromatic N) is 6. The van der Waals surface area contributed by atoms with Crippen LogP contribution < -0.4 is 11.0 Å². The molecule has 39 heavy (non-hydrogen) atoms. The maximum atomic E-state index is 13.8. The summed E-state index contributed by atoms with van der Waals surface area (Å²) < 4.78 is 5.46. The lowest BCUT2D eigenvalue weighted by atomic mass is 9.85. The second-order valence-corrected chi connectivity index (χ2v) is 10.5. The van der Waals surface area contributed by atoms with E-state index in [2.05, 4.69) is 20.3 Å². The summed E-state index contributed by atoms with van der Waals surface area (Å²) in [5.74, 6) is 0.888. The van der Waals surface area contributed by atoms with Crippen molar-refractivity contribution < 1.29 is 4.79 Å². The van der Waals surface area contributed by atoms with Crippen LogP contribution in [0.5, 0.6) is 0 Å². The number of nitrogens with one attached hydrogen (secondary N) is 1. The quantitative estimate of drug-likeness (QED) is 0.335. The number of amides is 1. The predicted molar refractivity (Wildman–Crippen MR) is 150 cm³/mol. The van der Waals surface area contributed by atoms with Crippen LogP contribution in [0.2, 0.25) is 5.02 Å². The number of pyridine rings is 2. The highest BCUT2D eigenvalue weighted by molar-refractivity contribution is 6.30. The molecular weight excluding hydrogens is 514 g/mol. The molecule has 198 valence electrons. The van der Waals surface area contributed by atoms with Crippen molar-refractivity contribution in [3.8, 4) is 11.5 Å². The Hall–Kier alpha value is -4.24. The number of para-hydroxylation sites is 2. The van der Waals surface area contributed by atoms with Crippen molar-refractivity contribution in [2.45, 2.75) is 45.2 Å². The molecule has 6 rings (SSSR count). The van der Waals surface area contributed by atoms with Gasteiger partial charge in [-0.25, -0.2) is 14.8 Å². The second-order valence-electron chi connectivity index (χ2n) is 10.0. The number of imidazole rings is 2. The molecule has 1 aliphatic rings. The molecule has 0 radical (unpaired) electrons. The van der Waals surface area contributed by atoms with Gasteiger partial charge in [0.25, 0.3) is 5.91 Å². The van der Waals surface area contributed by atoms with Gasteiger partial charge in [0, 0.05) is 43.4 Å². The van der Waals surface area contributed by atoms with E-state index in [1.807, 2.05) is 51.7 Å². The number of rotatable bonds is 6. The highest BCUT2D eigenvalue weighted by Crippen LogP contribution is 2.28. The summed E-state index contributed by atoms with van der Waals surface area (Å²) in [4.78, 5) is 39.3. The first-order valence-corrected chi connectivity index (χ1v) is 13.4. The minimum atomic E-state index is -0.141. The van der Waals surface area contributed by atoms with Gasteiger partial charge in [-0.05, 0) is 62.8 Å². The van der Waals surface area contributed by atoms with E-state index in [-0.39, 0.29) is 17.6 Å². The lowest BCUT2D eigenvalue weighted by molar-refractivity contribution is 0.0919. The highest BCUT2D eigenvalue weighted by Gasteiger charge is 2.26. The Kier molecular flexibility index (Phi) is 6.74. The van der Waals surface area contributed by atoms with Crippen molar-refractivity contribution in [1.82, 2.24) is 34.0 Å². The van der Waals surface area contributed by atoms with Crippen LogP contribution in [0.1, 0.15) is 41.7 Å². The average molecular weight is 542 g/mol. The molecule has 0 atom stereocenters. The molecule has 1 aromatic carbocycles. The van der Waals surface area contributed by atoms with Gasteiger partial charge in [0.15, 0.2) is 0 Å². The molecule has 1 fully saturated rings. The summed E-state index contributed by atoms with van der Waals surface area (Å²) in [5.41, 5.74) is 3.62. The average Bonchev–Trinajstić information content (AvgIpc) is 3.58. The molecule has 0 bridgehead atoms. The van der Waals surface area contributed by atoms with Gasteiger partial charge < -0.3 is 5.32 Å². The third-order valence-electron chi connectivity index (χ3n) is 7.51. The van der Waals surface area contributed by atoms with Crippen molar-refractivity contribution >= 4 is 28.5 Å². The third-order valence-corrected chi connectivity index (χ3v) is 7.72. The van der Waals surface area contributed by atoms with Gasteiger partial charge >= 0.3 is 5.69 Å². The molecule has 9 nitrogen and oxygen atoms in total. The summed E-state index contributed by atoms with van der Waals surface area (Å²) in [5, 5.41) is 3.60. The first-order chi connectivity index (χ1) is 19.0. The van der Waals surface area contributed by atoms with Crippen molar-refractivity contribution in [3.05, 3.63) is 100 Å².